The molecular weight excluding hydrogens is 324 g/mol. The molecule has 0 amide bonds. The zero-order valence-corrected chi connectivity index (χ0v) is 16.2. The van der Waals surface area contributed by atoms with Crippen molar-refractivity contribution in [3.63, 3.8) is 0 Å². The van der Waals surface area contributed by atoms with Crippen molar-refractivity contribution in [2.45, 2.75) is 59.0 Å². The summed E-state index contributed by atoms with van der Waals surface area (Å²) in [5, 5.41) is 0. The smallest absolute Gasteiger partial charge is 0.328 e. The highest BCUT2D eigenvalue weighted by Gasteiger charge is 2.24. The number of benzene rings is 1. The molecule has 0 atom stereocenters. The third kappa shape index (κ3) is 4.69. The van der Waals surface area contributed by atoms with Gasteiger partial charge in [-0.1, -0.05) is 23.8 Å². The number of hydrogen-bond acceptors (Lipinski definition) is 2. The monoisotopic (exact) mass is 354 g/mol. The Morgan fingerprint density at radius 3 is 2.58 bits per heavy atom. The van der Waals surface area contributed by atoms with Gasteiger partial charge in [-0.2, -0.15) is 0 Å². The van der Waals surface area contributed by atoms with Gasteiger partial charge in [0.05, 0.1) is 7.11 Å². The normalized spacial score (nSPS) is 14.7. The molecule has 1 saturated carbocycles. The Morgan fingerprint density at radius 1 is 1.23 bits per heavy atom. The van der Waals surface area contributed by atoms with Crippen LogP contribution >= 0.6 is 0 Å². The lowest BCUT2D eigenvalue weighted by atomic mass is 10.1. The number of nitrogens with zero attached hydrogens (tertiary/aromatic N) is 2. The van der Waals surface area contributed by atoms with Gasteiger partial charge >= 0.3 is 5.69 Å². The maximum Gasteiger partial charge on any atom is 0.328 e. The van der Waals surface area contributed by atoms with Crippen LogP contribution in [0.5, 0.6) is 5.75 Å². The van der Waals surface area contributed by atoms with E-state index < -0.39 is 0 Å². The molecule has 1 heterocycles. The molecule has 4 heteroatoms. The van der Waals surface area contributed by atoms with Gasteiger partial charge in [0.25, 0.3) is 0 Å². The molecule has 1 aliphatic rings. The second-order valence-corrected chi connectivity index (χ2v) is 7.42. The number of aromatic nitrogens is 2. The summed E-state index contributed by atoms with van der Waals surface area (Å²) in [7, 11) is 1.69. The van der Waals surface area contributed by atoms with Gasteiger partial charge in [0.15, 0.2) is 0 Å². The molecule has 0 saturated heterocycles. The second-order valence-electron chi connectivity index (χ2n) is 7.42. The van der Waals surface area contributed by atoms with Crippen LogP contribution in [0.4, 0.5) is 0 Å². The van der Waals surface area contributed by atoms with Crippen molar-refractivity contribution in [3.05, 3.63) is 63.9 Å². The van der Waals surface area contributed by atoms with Crippen molar-refractivity contribution < 1.29 is 4.74 Å². The van der Waals surface area contributed by atoms with Crippen LogP contribution in [0.1, 0.15) is 44.4 Å². The van der Waals surface area contributed by atoms with Crippen molar-refractivity contribution in [3.8, 4) is 5.75 Å². The van der Waals surface area contributed by atoms with E-state index in [2.05, 4.69) is 31.3 Å². The molecule has 0 N–H and O–H groups in total. The Balaban J connectivity index is 1.68. The SMILES string of the molecule is C/C=C(\C)Cn1cc(CCCc2ccc(OC)cc2)n(CC2CC2)c1=O. The van der Waals surface area contributed by atoms with Gasteiger partial charge in [-0.05, 0) is 69.6 Å². The summed E-state index contributed by atoms with van der Waals surface area (Å²) < 4.78 is 9.11. The minimum atomic E-state index is 0.151. The summed E-state index contributed by atoms with van der Waals surface area (Å²) in [5.41, 5.74) is 3.86. The van der Waals surface area contributed by atoms with Crippen LogP contribution in [0.3, 0.4) is 0 Å². The van der Waals surface area contributed by atoms with E-state index in [9.17, 15) is 4.79 Å². The highest BCUT2D eigenvalue weighted by molar-refractivity contribution is 5.27. The Morgan fingerprint density at radius 2 is 1.96 bits per heavy atom. The number of imidazole rings is 1. The van der Waals surface area contributed by atoms with E-state index in [4.69, 9.17) is 4.74 Å². The molecule has 1 aromatic heterocycles. The van der Waals surface area contributed by atoms with E-state index in [1.54, 1.807) is 7.11 Å². The fraction of sp³-hybridized carbons (Fsp3) is 0.500. The molecule has 140 valence electrons. The van der Waals surface area contributed by atoms with Gasteiger partial charge in [-0.3, -0.25) is 9.13 Å². The van der Waals surface area contributed by atoms with Gasteiger partial charge in [-0.25, -0.2) is 4.79 Å². The predicted molar refractivity (Wildman–Crippen MR) is 106 cm³/mol. The fourth-order valence-corrected chi connectivity index (χ4v) is 3.28. The molecule has 0 radical (unpaired) electrons. The molecule has 26 heavy (non-hydrogen) atoms. The lowest BCUT2D eigenvalue weighted by Gasteiger charge is -2.07. The quantitative estimate of drug-likeness (QED) is 0.633. The third-order valence-electron chi connectivity index (χ3n) is 5.24. The van der Waals surface area contributed by atoms with E-state index in [1.807, 2.05) is 28.2 Å². The Labute approximate surface area is 156 Å². The first-order chi connectivity index (χ1) is 12.6. The lowest BCUT2D eigenvalue weighted by Crippen LogP contribution is -2.26. The zero-order valence-electron chi connectivity index (χ0n) is 16.2. The van der Waals surface area contributed by atoms with Gasteiger partial charge in [0, 0.05) is 25.0 Å². The molecule has 1 aromatic carbocycles. The Bertz CT molecular complexity index is 808. The first-order valence-corrected chi connectivity index (χ1v) is 9.64. The lowest BCUT2D eigenvalue weighted by molar-refractivity contribution is 0.414. The highest BCUT2D eigenvalue weighted by Crippen LogP contribution is 2.30. The van der Waals surface area contributed by atoms with E-state index in [-0.39, 0.29) is 5.69 Å². The van der Waals surface area contributed by atoms with Gasteiger partial charge in [-0.15, -0.1) is 0 Å². The third-order valence-corrected chi connectivity index (χ3v) is 5.24. The molecule has 1 fully saturated rings. The van der Waals surface area contributed by atoms with Crippen LogP contribution in [-0.4, -0.2) is 16.2 Å². The average molecular weight is 354 g/mol. The summed E-state index contributed by atoms with van der Waals surface area (Å²) in [6.45, 7) is 5.68. The molecule has 0 bridgehead atoms. The summed E-state index contributed by atoms with van der Waals surface area (Å²) in [6.07, 6.45) is 9.67. The maximum absolute atomic E-state index is 12.8. The van der Waals surface area contributed by atoms with Crippen LogP contribution < -0.4 is 10.4 Å². The van der Waals surface area contributed by atoms with Gasteiger partial charge in [0.2, 0.25) is 0 Å². The van der Waals surface area contributed by atoms with Gasteiger partial charge in [0.1, 0.15) is 5.75 Å². The second kappa shape index (κ2) is 8.43. The molecule has 0 unspecified atom stereocenters. The molecule has 0 spiro atoms. The molecule has 0 aliphatic heterocycles. The zero-order chi connectivity index (χ0) is 18.5. The summed E-state index contributed by atoms with van der Waals surface area (Å²) in [6, 6.07) is 8.26. The maximum atomic E-state index is 12.8. The van der Waals surface area contributed by atoms with Crippen molar-refractivity contribution in [2.24, 2.45) is 5.92 Å². The van der Waals surface area contributed by atoms with Crippen molar-refractivity contribution in [1.82, 2.24) is 9.13 Å². The molecular formula is C22H30N2O2. The minimum Gasteiger partial charge on any atom is -0.497 e. The van der Waals surface area contributed by atoms with Crippen LogP contribution in [-0.2, 0) is 25.9 Å². The topological polar surface area (TPSA) is 36.2 Å². The highest BCUT2D eigenvalue weighted by atomic mass is 16.5. The molecule has 4 nitrogen and oxygen atoms in total. The number of methoxy groups -OCH3 is 1. The van der Waals surface area contributed by atoms with Crippen LogP contribution in [0.25, 0.3) is 0 Å². The largest absolute Gasteiger partial charge is 0.497 e. The minimum absolute atomic E-state index is 0.151. The van der Waals surface area contributed by atoms with E-state index >= 15 is 0 Å². The summed E-state index contributed by atoms with van der Waals surface area (Å²) in [5.74, 6) is 1.59. The Hall–Kier alpha value is -2.23. The molecule has 2 aromatic rings. The first-order valence-electron chi connectivity index (χ1n) is 9.64. The van der Waals surface area contributed by atoms with Crippen LogP contribution in [0.2, 0.25) is 0 Å². The summed E-state index contributed by atoms with van der Waals surface area (Å²) >= 11 is 0. The fourth-order valence-electron chi connectivity index (χ4n) is 3.28. The number of allylic oxidation sites excluding steroid dienone is 2. The molecule has 1 aliphatic carbocycles. The predicted octanol–water partition coefficient (Wildman–Crippen LogP) is 4.21. The van der Waals surface area contributed by atoms with Crippen LogP contribution in [0, 0.1) is 5.92 Å². The first kappa shape index (κ1) is 18.6. The van der Waals surface area contributed by atoms with Crippen molar-refractivity contribution >= 4 is 0 Å². The van der Waals surface area contributed by atoms with Crippen LogP contribution in [0.15, 0.2) is 46.9 Å². The number of ether oxygens (including phenoxy) is 1. The number of rotatable bonds is 9. The number of aryl methyl sites for hydroxylation is 2. The summed E-state index contributed by atoms with van der Waals surface area (Å²) in [4.78, 5) is 12.8. The molecule has 3 rings (SSSR count). The van der Waals surface area contributed by atoms with Crippen molar-refractivity contribution in [2.75, 3.05) is 7.11 Å². The van der Waals surface area contributed by atoms with E-state index in [0.717, 1.165) is 31.6 Å². The average Bonchev–Trinajstić information content (AvgIpc) is 3.44. The van der Waals surface area contributed by atoms with E-state index in [1.165, 1.54) is 29.7 Å². The Kier molecular flexibility index (Phi) is 6.02. The van der Waals surface area contributed by atoms with Crippen molar-refractivity contribution in [1.29, 1.82) is 0 Å². The standard InChI is InChI=1S/C22H30N2O2/c1-4-17(2)14-23-16-20(24(22(23)25)15-19-8-9-19)7-5-6-18-10-12-21(26-3)13-11-18/h4,10-13,16,19H,5-9,14-15H2,1-3H3/b17-4+. The number of hydrogen-bond donors (Lipinski definition) is 0. The van der Waals surface area contributed by atoms with Gasteiger partial charge < -0.3 is 4.74 Å². The van der Waals surface area contributed by atoms with E-state index in [0.29, 0.717) is 12.5 Å².